The number of rotatable bonds is 18. The molecule has 6 aliphatic rings. The minimum Gasteiger partial charge on any atom is -0.378 e. The molecule has 748 valence electrons. The van der Waals surface area contributed by atoms with Crippen LogP contribution in [0.1, 0.15) is 168 Å². The topological polar surface area (TPSA) is 421 Å². The number of ether oxygens (including phenoxy) is 2. The van der Waals surface area contributed by atoms with E-state index in [1.807, 2.05) is 146 Å². The van der Waals surface area contributed by atoms with Gasteiger partial charge in [0.1, 0.15) is 28.3 Å². The largest absolute Gasteiger partial charge is 0.378 e. The number of morpholine rings is 2. The molecule has 2 N–H and O–H groups in total. The Balaban J connectivity index is 0.000000118. The highest BCUT2D eigenvalue weighted by molar-refractivity contribution is 5.92. The van der Waals surface area contributed by atoms with Gasteiger partial charge in [0.05, 0.1) is 212 Å². The molecule has 2 aliphatic heterocycles. The van der Waals surface area contributed by atoms with Crippen LogP contribution in [0.25, 0.3) is 117 Å². The maximum absolute atomic E-state index is 15.0. The van der Waals surface area contributed by atoms with E-state index in [2.05, 4.69) is 166 Å². The number of carbonyl (C=O) groups excluding carboxylic acids is 1. The van der Waals surface area contributed by atoms with Crippen LogP contribution in [-0.4, -0.2) is 151 Å². The van der Waals surface area contributed by atoms with E-state index in [0.717, 1.165) is 207 Å². The van der Waals surface area contributed by atoms with Gasteiger partial charge in [-0.05, 0) is 209 Å². The summed E-state index contributed by atoms with van der Waals surface area (Å²) < 4.78 is 53.4. The molecule has 1 amide bonds. The Bertz CT molecular complexity index is 8290. The van der Waals surface area contributed by atoms with E-state index in [0.29, 0.717) is 130 Å². The summed E-state index contributed by atoms with van der Waals surface area (Å²) in [5.74, 6) is 5.94. The van der Waals surface area contributed by atoms with Gasteiger partial charge in [-0.15, -0.1) is 0 Å². The monoisotopic (exact) mass is 1990 g/mol. The van der Waals surface area contributed by atoms with Crippen molar-refractivity contribution < 1.29 is 23.0 Å². The van der Waals surface area contributed by atoms with Gasteiger partial charge in [0.25, 0.3) is 0 Å². The number of halogens is 2. The lowest BCUT2D eigenvalue weighted by atomic mass is 9.80. The first-order chi connectivity index (χ1) is 73.3. The summed E-state index contributed by atoms with van der Waals surface area (Å²) in [6, 6.07) is 49.2. The van der Waals surface area contributed by atoms with Gasteiger partial charge >= 0.3 is 0 Å². The van der Waals surface area contributed by atoms with E-state index in [1.165, 1.54) is 17.2 Å². The van der Waals surface area contributed by atoms with Crippen LogP contribution in [0.3, 0.4) is 0 Å². The van der Waals surface area contributed by atoms with E-state index in [1.54, 1.807) is 83.2 Å². The molecule has 2 saturated carbocycles. The normalized spacial score (nSPS) is 17.5. The van der Waals surface area contributed by atoms with E-state index in [9.17, 15) is 25.0 Å². The molecule has 4 aliphatic carbocycles. The standard InChI is InChI=1S/C25H23N7.C25H21N7.C23H24FN5O.C22H22FN5O2.C21H17N5/c2*26-10-1-12-31-17-22(15-29-31)19-6-8-20(9-7-19)23-16-30-32-13-11-28-24(25(23)32)21-4-2-18(14-27)3-5-21;24-20-13-18(5-6-21(20)28-9-11-30-12-10-28)19-15-27-29-8-7-26-22(23(19)29)17-3-1-16(14-25)2-4-17;1-22(2,21(24)29)6-5-18-20-16(14-26-28(20)8-7-25-18)15-3-4-19(17(23)13-15)27-9-11-30-12-10-27;1-14-10-17(6-7-18(14)12-23)19-13-25-26-9-8-24-20(21(19)26)16-4-2-15(11-22)3-5-16/h6-9,11,13,15-18,21H,1-5,12H2;4,6-9,11,13,15-18H,1-3,5,12H2;5-8,13,15-17H,1-4,9-12H2;3-4,7-8,13-14H,9-12H2,1-2H3,(H2,24,29);4,6-10,13,15H,2-3,5H2,1H3. The Hall–Kier alpha value is -18.1. The Labute approximate surface area is 865 Å². The van der Waals surface area contributed by atoms with Crippen LogP contribution in [0, 0.1) is 139 Å². The van der Waals surface area contributed by atoms with E-state index >= 15 is 4.39 Å². The van der Waals surface area contributed by atoms with Crippen LogP contribution >= 0.6 is 0 Å². The van der Waals surface area contributed by atoms with Crippen molar-refractivity contribution in [3.05, 3.63) is 284 Å². The minimum absolute atomic E-state index is 0.0969. The van der Waals surface area contributed by atoms with Crippen molar-refractivity contribution in [3.8, 4) is 132 Å². The fourth-order valence-corrected chi connectivity index (χ4v) is 20.3. The molecule has 23 rings (SSSR count). The number of nitriles is 7. The van der Waals surface area contributed by atoms with Crippen molar-refractivity contribution in [1.29, 1.82) is 36.8 Å². The summed E-state index contributed by atoms with van der Waals surface area (Å²) in [7, 11) is 0. The summed E-state index contributed by atoms with van der Waals surface area (Å²) in [6.07, 6.45) is 52.3. The number of amides is 1. The maximum Gasteiger partial charge on any atom is 0.235 e. The molecule has 17 aromatic rings. The number of benzene rings is 5. The second-order valence-electron chi connectivity index (χ2n) is 38.6. The van der Waals surface area contributed by atoms with Crippen molar-refractivity contribution in [3.63, 3.8) is 0 Å². The number of aromatic nitrogens is 19. The zero-order valence-corrected chi connectivity index (χ0v) is 83.4. The molecular weight excluding hydrogens is 1890 g/mol. The van der Waals surface area contributed by atoms with Gasteiger partial charge < -0.3 is 25.0 Å². The van der Waals surface area contributed by atoms with Gasteiger partial charge in [0, 0.05) is 163 Å². The van der Waals surface area contributed by atoms with Crippen LogP contribution in [0.15, 0.2) is 233 Å². The first-order valence-electron chi connectivity index (χ1n) is 50.5. The SMILES string of the molecule is CC(C)(C#Cc1nccn2ncc(-c3ccc(N4CCOCC4)c(F)c3)c12)C(N)=O.Cc1cc(-c2cnn3ccnc(C4=CCC(C#N)CC4)c23)ccc1C#N.N#CC1CCC(c2nccn3ncc(-c4ccc(N5CCOCC5)c(F)c4)c23)CC1.N#CCCn1cc(-c2ccc(-c3cnn4ccnc(C5=CCC(C#N)CC5)c34)cc2)cn1.N#CCCn1cc(-c2ccc(-c3cnn4ccnc(C5CCC(C#N)CC5)c34)cc2)cn1. The fraction of sp³-hybridized carbons (Fsp3) is 0.310. The molecule has 0 radical (unpaired) electrons. The Morgan fingerprint density at radius 3 is 1.17 bits per heavy atom. The predicted octanol–water partition coefficient (Wildman–Crippen LogP) is 20.5. The number of nitrogens with two attached hydrogens (primary N) is 1. The lowest BCUT2D eigenvalue weighted by Gasteiger charge is -2.29. The smallest absolute Gasteiger partial charge is 0.235 e. The third kappa shape index (κ3) is 22.2. The van der Waals surface area contributed by atoms with Crippen LogP contribution < -0.4 is 15.5 Å². The van der Waals surface area contributed by atoms with Crippen molar-refractivity contribution >= 4 is 56.0 Å². The average Bonchev–Trinajstić information content (AvgIpc) is 1.60. The Morgan fingerprint density at radius 1 is 0.413 bits per heavy atom. The fourth-order valence-electron chi connectivity index (χ4n) is 20.3. The zero-order chi connectivity index (χ0) is 104. The Morgan fingerprint density at radius 2 is 0.780 bits per heavy atom. The average molecular weight is 1990 g/mol. The summed E-state index contributed by atoms with van der Waals surface area (Å²) in [6.45, 7) is 11.6. The van der Waals surface area contributed by atoms with Gasteiger partial charge in [-0.1, -0.05) is 84.8 Å². The molecule has 32 nitrogen and oxygen atoms in total. The first kappa shape index (κ1) is 101. The zero-order valence-electron chi connectivity index (χ0n) is 83.4. The van der Waals surface area contributed by atoms with Crippen molar-refractivity contribution in [2.24, 2.45) is 34.8 Å². The van der Waals surface area contributed by atoms with Crippen molar-refractivity contribution in [1.82, 2.24) is 92.6 Å². The van der Waals surface area contributed by atoms with Gasteiger partial charge in [0.2, 0.25) is 5.91 Å². The van der Waals surface area contributed by atoms with Crippen LogP contribution in [0.5, 0.6) is 0 Å². The molecule has 2 atom stereocenters. The summed E-state index contributed by atoms with van der Waals surface area (Å²) >= 11 is 0. The molecule has 14 heterocycles. The van der Waals surface area contributed by atoms with Gasteiger partial charge in [0.15, 0.2) is 0 Å². The third-order valence-corrected chi connectivity index (χ3v) is 28.8. The number of carbonyl (C=O) groups is 1. The number of aryl methyl sites for hydroxylation is 3. The first-order valence-corrected chi connectivity index (χ1v) is 50.5. The minimum atomic E-state index is -0.999. The highest BCUT2D eigenvalue weighted by Crippen LogP contribution is 2.45. The number of primary amides is 1. The maximum atomic E-state index is 15.0. The number of hydrogen-bond acceptors (Lipinski definition) is 24. The molecule has 4 fully saturated rings. The lowest BCUT2D eigenvalue weighted by molar-refractivity contribution is -0.123. The number of fused-ring (bicyclic) bond motifs is 5. The van der Waals surface area contributed by atoms with Crippen molar-refractivity contribution in [2.45, 2.75) is 148 Å². The second-order valence-corrected chi connectivity index (χ2v) is 38.6. The molecule has 34 heteroatoms. The molecule has 12 aromatic heterocycles. The van der Waals surface area contributed by atoms with Crippen LogP contribution in [0.2, 0.25) is 0 Å². The molecular formula is C116H107F2N29O3. The summed E-state index contributed by atoms with van der Waals surface area (Å²) in [4.78, 5) is 38.7. The van der Waals surface area contributed by atoms with Crippen LogP contribution in [-0.2, 0) is 27.4 Å². The molecule has 2 saturated heterocycles. The lowest BCUT2D eigenvalue weighted by Crippen LogP contribution is -2.36. The molecule has 5 aromatic carbocycles. The quantitative estimate of drug-likeness (QED) is 0.0780. The van der Waals surface area contributed by atoms with Crippen LogP contribution in [0.4, 0.5) is 20.2 Å². The van der Waals surface area contributed by atoms with Gasteiger partial charge in [-0.25, -0.2) is 36.3 Å². The molecule has 2 unspecified atom stereocenters. The second kappa shape index (κ2) is 46.1. The summed E-state index contributed by atoms with van der Waals surface area (Å²) in [5, 5.41) is 94.5. The number of nitrogens with zero attached hydrogens (tertiary/aromatic N) is 28. The number of hydrogen-bond donors (Lipinski definition) is 1. The highest BCUT2D eigenvalue weighted by Gasteiger charge is 2.32. The van der Waals surface area contributed by atoms with Crippen molar-refractivity contribution in [2.75, 3.05) is 62.4 Å². The molecule has 0 bridgehead atoms. The predicted molar refractivity (Wildman–Crippen MR) is 563 cm³/mol. The van der Waals surface area contributed by atoms with Gasteiger partial charge in [-0.3, -0.25) is 34.1 Å². The van der Waals surface area contributed by atoms with E-state index in [4.69, 9.17) is 46.2 Å². The van der Waals surface area contributed by atoms with E-state index < -0.39 is 11.3 Å². The Kier molecular flexibility index (Phi) is 30.9. The molecule has 0 spiro atoms. The van der Waals surface area contributed by atoms with Gasteiger partial charge in [-0.2, -0.15) is 72.5 Å². The van der Waals surface area contributed by atoms with E-state index in [-0.39, 0.29) is 35.3 Å². The molecule has 150 heavy (non-hydrogen) atoms. The highest BCUT2D eigenvalue weighted by atomic mass is 19.1. The number of anilines is 2. The third-order valence-electron chi connectivity index (χ3n) is 28.8. The number of allylic oxidation sites excluding steroid dienone is 4. The summed E-state index contributed by atoms with van der Waals surface area (Å²) in [5.41, 5.74) is 32.2.